The van der Waals surface area contributed by atoms with E-state index in [2.05, 4.69) is 24.2 Å². The van der Waals surface area contributed by atoms with E-state index in [0.717, 1.165) is 24.2 Å². The van der Waals surface area contributed by atoms with Crippen LogP contribution in [-0.4, -0.2) is 31.1 Å². The van der Waals surface area contributed by atoms with Crippen molar-refractivity contribution < 1.29 is 5.82 Å². The molecule has 1 aromatic carbocycles. The third kappa shape index (κ3) is 1.91. The van der Waals surface area contributed by atoms with Crippen LogP contribution in [0.25, 0.3) is 0 Å². The molecule has 1 aromatic rings. The fourth-order valence-corrected chi connectivity index (χ4v) is 3.49. The van der Waals surface area contributed by atoms with Crippen LogP contribution >= 0.6 is 0 Å². The van der Waals surface area contributed by atoms with Crippen LogP contribution in [0.15, 0.2) is 18.2 Å². The van der Waals surface area contributed by atoms with E-state index in [-0.39, 0.29) is 12.7 Å². The number of halogens is 1. The third-order valence-electron chi connectivity index (χ3n) is 4.66. The summed E-state index contributed by atoms with van der Waals surface area (Å²) in [6, 6.07) is 5.77. The van der Waals surface area contributed by atoms with Crippen molar-refractivity contribution in [2.45, 2.75) is 37.6 Å². The molecular weight excluding hydrogens is 227 g/mol. The first-order valence-corrected chi connectivity index (χ1v) is 6.83. The topological polar surface area (TPSA) is 15.3 Å². The Morgan fingerprint density at radius 3 is 3.11 bits per heavy atom. The molecule has 2 atom stereocenters. The summed E-state index contributed by atoms with van der Waals surface area (Å²) in [6.07, 6.45) is 3.68. The summed E-state index contributed by atoms with van der Waals surface area (Å²) in [5.41, 5.74) is 2.34. The first kappa shape index (κ1) is 12.0. The Morgan fingerprint density at radius 2 is 2.39 bits per heavy atom. The molecule has 0 bridgehead atoms. The Hall–Kier alpha value is -1.09. The monoisotopic (exact) mass is 250 g/mol. The molecule has 1 saturated heterocycles. The second-order valence-corrected chi connectivity index (χ2v) is 6.08. The lowest BCUT2D eigenvalue weighted by Gasteiger charge is -2.31. The molecule has 0 aromatic heterocycles. The number of nitrogens with one attached hydrogen (secondary N) is 1. The molecule has 1 unspecified atom stereocenters. The highest BCUT2D eigenvalue weighted by Crippen LogP contribution is 2.41. The molecule has 2 nitrogen and oxygen atoms in total. The summed E-state index contributed by atoms with van der Waals surface area (Å²) in [7, 11) is 2.20. The maximum absolute atomic E-state index is 13.5. The highest BCUT2D eigenvalue weighted by Gasteiger charge is 2.38. The van der Waals surface area contributed by atoms with Gasteiger partial charge in [-0.25, -0.2) is 4.39 Å². The third-order valence-corrected chi connectivity index (χ3v) is 4.66. The van der Waals surface area contributed by atoms with Gasteiger partial charge in [-0.2, -0.15) is 0 Å². The van der Waals surface area contributed by atoms with Crippen LogP contribution in [0.1, 0.15) is 33.2 Å². The second kappa shape index (κ2) is 4.23. The van der Waals surface area contributed by atoms with Crippen molar-refractivity contribution >= 4 is 5.69 Å². The molecule has 3 rings (SSSR count). The molecule has 0 amide bonds. The van der Waals surface area contributed by atoms with Crippen molar-refractivity contribution in [2.24, 2.45) is 0 Å². The van der Waals surface area contributed by atoms with E-state index in [0.29, 0.717) is 6.04 Å². The van der Waals surface area contributed by atoms with Gasteiger partial charge >= 0.3 is 0 Å². The molecule has 1 N–H and O–H groups in total. The van der Waals surface area contributed by atoms with Crippen molar-refractivity contribution in [3.05, 3.63) is 29.6 Å². The van der Waals surface area contributed by atoms with Crippen LogP contribution in [0.3, 0.4) is 0 Å². The van der Waals surface area contributed by atoms with Crippen LogP contribution in [0.2, 0.25) is 0 Å². The number of fused-ring (bicyclic) bond motifs is 1. The highest BCUT2D eigenvalue weighted by molar-refractivity contribution is 5.60. The van der Waals surface area contributed by atoms with Gasteiger partial charge in [0.25, 0.3) is 0 Å². The van der Waals surface area contributed by atoms with E-state index >= 15 is 0 Å². The minimum absolute atomic E-state index is 0. The van der Waals surface area contributed by atoms with E-state index in [9.17, 15) is 4.39 Å². The average Bonchev–Trinajstić information content (AvgIpc) is 2.86. The van der Waals surface area contributed by atoms with Crippen LogP contribution in [0.4, 0.5) is 10.1 Å². The molecular formula is C15H23FN2. The van der Waals surface area contributed by atoms with Crippen molar-refractivity contribution in [1.82, 2.24) is 4.90 Å². The summed E-state index contributed by atoms with van der Waals surface area (Å²) in [5, 5.41) is 3.42. The zero-order valence-electron chi connectivity index (χ0n) is 11.2. The van der Waals surface area contributed by atoms with Gasteiger partial charge in [-0.3, -0.25) is 0 Å². The predicted octanol–water partition coefficient (Wildman–Crippen LogP) is 3.24. The maximum atomic E-state index is 13.5. The summed E-state index contributed by atoms with van der Waals surface area (Å²) in [5.74, 6) is -0.122. The van der Waals surface area contributed by atoms with Crippen LogP contribution in [0.5, 0.6) is 0 Å². The van der Waals surface area contributed by atoms with E-state index in [4.69, 9.17) is 0 Å². The molecule has 0 spiro atoms. The lowest BCUT2D eigenvalue weighted by atomic mass is 9.78. The smallest absolute Gasteiger partial charge is 0.123 e. The summed E-state index contributed by atoms with van der Waals surface area (Å²) in [6.45, 7) is 4.39. The van der Waals surface area contributed by atoms with Crippen molar-refractivity contribution in [1.29, 1.82) is 0 Å². The molecule has 2 aliphatic rings. The average molecular weight is 250 g/mol. The number of rotatable bonds is 2. The molecule has 1 fully saturated rings. The lowest BCUT2D eigenvalue weighted by molar-refractivity contribution is 0.254. The summed E-state index contributed by atoms with van der Waals surface area (Å²) >= 11 is 0. The minimum Gasteiger partial charge on any atom is -0.384 e. The van der Waals surface area contributed by atoms with Crippen molar-refractivity contribution in [2.75, 3.05) is 25.5 Å². The number of anilines is 1. The SMILES string of the molecule is CN1CCC[C@@H]1CC1(C)CNc2ccc(F)cc21.[HH]. The Labute approximate surface area is 110 Å². The van der Waals surface area contributed by atoms with E-state index in [1.165, 1.54) is 19.4 Å². The minimum atomic E-state index is -0.122. The van der Waals surface area contributed by atoms with Gasteiger partial charge in [0, 0.05) is 25.1 Å². The van der Waals surface area contributed by atoms with Crippen LogP contribution in [0, 0.1) is 5.82 Å². The quantitative estimate of drug-likeness (QED) is 0.867. The zero-order chi connectivity index (χ0) is 12.8. The number of likely N-dealkylation sites (tertiary alicyclic amines) is 1. The van der Waals surface area contributed by atoms with Gasteiger partial charge in [-0.1, -0.05) is 6.92 Å². The van der Waals surface area contributed by atoms with Gasteiger partial charge in [0.15, 0.2) is 0 Å². The Bertz CT molecular complexity index is 465. The number of benzene rings is 1. The first-order chi connectivity index (χ1) is 8.58. The van der Waals surface area contributed by atoms with Crippen LogP contribution in [-0.2, 0) is 5.41 Å². The summed E-state index contributed by atoms with van der Waals surface area (Å²) in [4.78, 5) is 2.45. The Balaban J connectivity index is 0.00000133. The number of hydrogen-bond donors (Lipinski definition) is 1. The van der Waals surface area contributed by atoms with E-state index in [1.54, 1.807) is 12.1 Å². The fourth-order valence-electron chi connectivity index (χ4n) is 3.49. The molecule has 2 heterocycles. The molecule has 0 aliphatic carbocycles. The second-order valence-electron chi connectivity index (χ2n) is 6.08. The van der Waals surface area contributed by atoms with Gasteiger partial charge in [-0.15, -0.1) is 0 Å². The molecule has 18 heavy (non-hydrogen) atoms. The predicted molar refractivity (Wildman–Crippen MR) is 74.6 cm³/mol. The van der Waals surface area contributed by atoms with Gasteiger partial charge in [-0.05, 0) is 56.6 Å². The maximum Gasteiger partial charge on any atom is 0.123 e. The van der Waals surface area contributed by atoms with Crippen molar-refractivity contribution in [3.63, 3.8) is 0 Å². The van der Waals surface area contributed by atoms with Gasteiger partial charge in [0.2, 0.25) is 0 Å². The zero-order valence-corrected chi connectivity index (χ0v) is 11.2. The summed E-state index contributed by atoms with van der Waals surface area (Å²) < 4.78 is 13.5. The molecule has 2 aliphatic heterocycles. The van der Waals surface area contributed by atoms with E-state index in [1.807, 2.05) is 6.07 Å². The van der Waals surface area contributed by atoms with Gasteiger partial charge < -0.3 is 10.2 Å². The standard InChI is InChI=1S/C15H21FN2.H2/c1-15(9-12-4-3-7-18(12)2)10-17-14-6-5-11(16)8-13(14)15;/h5-6,8,12,17H,3-4,7,9-10H2,1-2H3;1H/t12-,15?;/m1./s1. The first-order valence-electron chi connectivity index (χ1n) is 6.83. The van der Waals surface area contributed by atoms with Crippen LogP contribution < -0.4 is 5.32 Å². The van der Waals surface area contributed by atoms with E-state index < -0.39 is 0 Å². The van der Waals surface area contributed by atoms with Crippen molar-refractivity contribution in [3.8, 4) is 0 Å². The highest BCUT2D eigenvalue weighted by atomic mass is 19.1. The lowest BCUT2D eigenvalue weighted by Crippen LogP contribution is -2.35. The Kier molecular flexibility index (Phi) is 2.81. The largest absolute Gasteiger partial charge is 0.384 e. The van der Waals surface area contributed by atoms with Gasteiger partial charge in [0.1, 0.15) is 5.82 Å². The molecule has 0 saturated carbocycles. The number of nitrogens with zero attached hydrogens (tertiary/aromatic N) is 1. The molecule has 100 valence electrons. The molecule has 0 radical (unpaired) electrons. The number of hydrogen-bond acceptors (Lipinski definition) is 2. The Morgan fingerprint density at radius 1 is 1.56 bits per heavy atom. The fraction of sp³-hybridized carbons (Fsp3) is 0.600. The normalized spacial score (nSPS) is 31.4. The molecule has 3 heteroatoms. The van der Waals surface area contributed by atoms with Gasteiger partial charge in [0.05, 0.1) is 0 Å².